The highest BCUT2D eigenvalue weighted by Crippen LogP contribution is 2.33. The van der Waals surface area contributed by atoms with Gasteiger partial charge in [0.15, 0.2) is 0 Å². The summed E-state index contributed by atoms with van der Waals surface area (Å²) in [5.74, 6) is 0.198. The van der Waals surface area contributed by atoms with Crippen molar-refractivity contribution in [2.24, 2.45) is 0 Å². The van der Waals surface area contributed by atoms with Gasteiger partial charge in [-0.1, -0.05) is 33.8 Å². The van der Waals surface area contributed by atoms with Crippen molar-refractivity contribution in [3.05, 3.63) is 28.8 Å². The predicted molar refractivity (Wildman–Crippen MR) is 84.9 cm³/mol. The third kappa shape index (κ3) is 4.21. The molecule has 2 N–H and O–H groups in total. The van der Waals surface area contributed by atoms with E-state index in [9.17, 15) is 15.0 Å². The lowest BCUT2D eigenvalue weighted by Gasteiger charge is -2.22. The molecule has 0 bridgehead atoms. The van der Waals surface area contributed by atoms with Crippen molar-refractivity contribution < 1.29 is 15.0 Å². The summed E-state index contributed by atoms with van der Waals surface area (Å²) < 4.78 is 0. The summed E-state index contributed by atoms with van der Waals surface area (Å²) in [4.78, 5) is 13.9. The summed E-state index contributed by atoms with van der Waals surface area (Å²) in [5, 5.41) is 19.8. The van der Waals surface area contributed by atoms with Crippen LogP contribution in [0.3, 0.4) is 0 Å². The van der Waals surface area contributed by atoms with Gasteiger partial charge < -0.3 is 15.1 Å². The third-order valence-corrected chi connectivity index (χ3v) is 3.57. The normalized spacial score (nSPS) is 12.8. The van der Waals surface area contributed by atoms with Crippen LogP contribution in [-0.4, -0.2) is 40.7 Å². The van der Waals surface area contributed by atoms with E-state index in [1.807, 2.05) is 19.9 Å². The Labute approximate surface area is 127 Å². The molecule has 1 amide bonds. The Kier molecular flexibility index (Phi) is 5.78. The van der Waals surface area contributed by atoms with E-state index in [0.29, 0.717) is 5.56 Å². The molecule has 0 aromatic heterocycles. The number of aliphatic hydroxyl groups is 1. The molecule has 21 heavy (non-hydrogen) atoms. The van der Waals surface area contributed by atoms with Crippen molar-refractivity contribution in [2.75, 3.05) is 13.6 Å². The molecule has 0 aliphatic rings. The van der Waals surface area contributed by atoms with E-state index in [1.54, 1.807) is 20.0 Å². The lowest BCUT2D eigenvalue weighted by Crippen LogP contribution is -2.33. The Morgan fingerprint density at radius 2 is 1.71 bits per heavy atom. The molecule has 4 heteroatoms. The zero-order valence-corrected chi connectivity index (χ0v) is 13.8. The number of benzene rings is 1. The van der Waals surface area contributed by atoms with E-state index in [-0.39, 0.29) is 30.0 Å². The predicted octanol–water partition coefficient (Wildman–Crippen LogP) is 3.09. The third-order valence-electron chi connectivity index (χ3n) is 3.57. The van der Waals surface area contributed by atoms with Gasteiger partial charge in [-0.3, -0.25) is 4.79 Å². The monoisotopic (exact) mass is 293 g/mol. The molecule has 0 aliphatic carbocycles. The number of carbonyl (C=O) groups is 1. The van der Waals surface area contributed by atoms with Crippen LogP contribution in [0.4, 0.5) is 0 Å². The minimum atomic E-state index is -0.598. The zero-order valence-electron chi connectivity index (χ0n) is 13.8. The minimum Gasteiger partial charge on any atom is -0.507 e. The Bertz CT molecular complexity index is 507. The first-order valence-corrected chi connectivity index (χ1v) is 7.45. The first-order chi connectivity index (χ1) is 9.65. The molecular formula is C17H27NO3. The Hall–Kier alpha value is -1.55. The molecule has 0 saturated carbocycles. The van der Waals surface area contributed by atoms with Crippen LogP contribution in [0, 0.1) is 0 Å². The van der Waals surface area contributed by atoms with Gasteiger partial charge in [0.25, 0.3) is 5.91 Å². The molecule has 0 heterocycles. The summed E-state index contributed by atoms with van der Waals surface area (Å²) in [6.45, 7) is 9.98. The van der Waals surface area contributed by atoms with Crippen molar-refractivity contribution in [1.82, 2.24) is 4.90 Å². The maximum Gasteiger partial charge on any atom is 0.257 e. The SMILES string of the molecule is CC(O)CN(C)C(=O)c1cc(C(C)C)cc(C(C)C)c1O. The van der Waals surface area contributed by atoms with Crippen molar-refractivity contribution in [2.45, 2.75) is 52.6 Å². The first-order valence-electron chi connectivity index (χ1n) is 7.45. The van der Waals surface area contributed by atoms with Gasteiger partial charge in [-0.15, -0.1) is 0 Å². The lowest BCUT2D eigenvalue weighted by molar-refractivity contribution is 0.0700. The summed E-state index contributed by atoms with van der Waals surface area (Å²) in [6, 6.07) is 3.73. The number of rotatable bonds is 5. The average molecular weight is 293 g/mol. The molecule has 0 aliphatic heterocycles. The number of phenols is 1. The van der Waals surface area contributed by atoms with Crippen LogP contribution < -0.4 is 0 Å². The van der Waals surface area contributed by atoms with Crippen molar-refractivity contribution in [3.63, 3.8) is 0 Å². The summed E-state index contributed by atoms with van der Waals surface area (Å²) in [6.07, 6.45) is -0.598. The molecule has 0 spiro atoms. The highest BCUT2D eigenvalue weighted by atomic mass is 16.3. The van der Waals surface area contributed by atoms with Crippen molar-refractivity contribution >= 4 is 5.91 Å². The maximum absolute atomic E-state index is 12.5. The zero-order chi connectivity index (χ0) is 16.3. The highest BCUT2D eigenvalue weighted by Gasteiger charge is 2.22. The van der Waals surface area contributed by atoms with E-state index in [0.717, 1.165) is 11.1 Å². The number of phenolic OH excluding ortho intramolecular Hbond substituents is 1. The van der Waals surface area contributed by atoms with E-state index < -0.39 is 6.10 Å². The molecule has 4 nitrogen and oxygen atoms in total. The molecule has 1 atom stereocenters. The number of hydrogen-bond donors (Lipinski definition) is 2. The largest absolute Gasteiger partial charge is 0.507 e. The topological polar surface area (TPSA) is 60.8 Å². The molecule has 118 valence electrons. The second kappa shape index (κ2) is 6.94. The number of amides is 1. The number of carbonyl (C=O) groups excluding carboxylic acids is 1. The molecule has 0 fully saturated rings. The van der Waals surface area contributed by atoms with Gasteiger partial charge in [0, 0.05) is 13.6 Å². The average Bonchev–Trinajstić information content (AvgIpc) is 2.36. The fraction of sp³-hybridized carbons (Fsp3) is 0.588. The van der Waals surface area contributed by atoms with Crippen LogP contribution in [0.15, 0.2) is 12.1 Å². The Balaban J connectivity index is 3.30. The number of aliphatic hydroxyl groups excluding tert-OH is 1. The van der Waals surface area contributed by atoms with Gasteiger partial charge in [-0.25, -0.2) is 0 Å². The van der Waals surface area contributed by atoms with Gasteiger partial charge in [0.1, 0.15) is 5.75 Å². The molecular weight excluding hydrogens is 266 g/mol. The van der Waals surface area contributed by atoms with Crippen molar-refractivity contribution in [1.29, 1.82) is 0 Å². The highest BCUT2D eigenvalue weighted by molar-refractivity contribution is 5.97. The quantitative estimate of drug-likeness (QED) is 0.877. The summed E-state index contributed by atoms with van der Waals surface area (Å²) in [7, 11) is 1.63. The van der Waals surface area contributed by atoms with Gasteiger partial charge in [-0.05, 0) is 36.0 Å². The lowest BCUT2D eigenvalue weighted by atomic mass is 9.91. The van der Waals surface area contributed by atoms with Crippen LogP contribution in [0.1, 0.15) is 67.9 Å². The maximum atomic E-state index is 12.5. The number of hydrogen-bond acceptors (Lipinski definition) is 3. The molecule has 0 saturated heterocycles. The first kappa shape index (κ1) is 17.5. The van der Waals surface area contributed by atoms with E-state index in [1.165, 1.54) is 4.90 Å². The molecule has 1 unspecified atom stereocenters. The minimum absolute atomic E-state index is 0.0526. The van der Waals surface area contributed by atoms with Crippen LogP contribution in [-0.2, 0) is 0 Å². The second-order valence-corrected chi connectivity index (χ2v) is 6.35. The van der Waals surface area contributed by atoms with Crippen LogP contribution >= 0.6 is 0 Å². The number of nitrogens with zero attached hydrogens (tertiary/aromatic N) is 1. The van der Waals surface area contributed by atoms with E-state index in [4.69, 9.17) is 0 Å². The summed E-state index contributed by atoms with van der Waals surface area (Å²) in [5.41, 5.74) is 2.13. The van der Waals surface area contributed by atoms with E-state index >= 15 is 0 Å². The number of likely N-dealkylation sites (N-methyl/N-ethyl adjacent to an activating group) is 1. The van der Waals surface area contributed by atoms with Gasteiger partial charge in [0.05, 0.1) is 11.7 Å². The van der Waals surface area contributed by atoms with Gasteiger partial charge >= 0.3 is 0 Å². The standard InChI is InChI=1S/C17H27NO3/c1-10(2)13-7-14(11(3)4)16(20)15(8-13)17(21)18(6)9-12(5)19/h7-8,10-12,19-20H,9H2,1-6H3. The van der Waals surface area contributed by atoms with E-state index in [2.05, 4.69) is 13.8 Å². The second-order valence-electron chi connectivity index (χ2n) is 6.35. The molecule has 1 aromatic carbocycles. The van der Waals surface area contributed by atoms with Crippen LogP contribution in [0.5, 0.6) is 5.75 Å². The summed E-state index contributed by atoms with van der Waals surface area (Å²) >= 11 is 0. The van der Waals surface area contributed by atoms with Crippen LogP contribution in [0.25, 0.3) is 0 Å². The van der Waals surface area contributed by atoms with Crippen molar-refractivity contribution in [3.8, 4) is 5.75 Å². The van der Waals surface area contributed by atoms with Gasteiger partial charge in [0.2, 0.25) is 0 Å². The fourth-order valence-electron chi connectivity index (χ4n) is 2.30. The molecule has 0 radical (unpaired) electrons. The molecule has 1 aromatic rings. The van der Waals surface area contributed by atoms with Gasteiger partial charge in [-0.2, -0.15) is 0 Å². The Morgan fingerprint density at radius 3 is 2.14 bits per heavy atom. The molecule has 1 rings (SSSR count). The fourth-order valence-corrected chi connectivity index (χ4v) is 2.30. The number of aromatic hydroxyl groups is 1. The smallest absolute Gasteiger partial charge is 0.257 e. The van der Waals surface area contributed by atoms with Crippen LogP contribution in [0.2, 0.25) is 0 Å². The Morgan fingerprint density at radius 1 is 1.14 bits per heavy atom.